The van der Waals surface area contributed by atoms with Crippen LogP contribution < -0.4 is 0 Å². The van der Waals surface area contributed by atoms with E-state index in [0.29, 0.717) is 11.6 Å². The fourth-order valence-electron chi connectivity index (χ4n) is 3.31. The zero-order valence-corrected chi connectivity index (χ0v) is 12.8. The monoisotopic (exact) mass is 307 g/mol. The van der Waals surface area contributed by atoms with Gasteiger partial charge in [0.05, 0.1) is 23.7 Å². The number of fused-ring (bicyclic) bond motifs is 3. The number of H-pyrrole nitrogens is 1. The Kier molecular flexibility index (Phi) is 3.46. The van der Waals surface area contributed by atoms with Crippen molar-refractivity contribution in [1.29, 1.82) is 0 Å². The van der Waals surface area contributed by atoms with Crippen molar-refractivity contribution in [1.82, 2.24) is 4.98 Å². The number of carboxylic acid groups (broad SMARTS) is 1. The highest BCUT2D eigenvalue weighted by atomic mass is 35.5. The van der Waals surface area contributed by atoms with Gasteiger partial charge in [-0.1, -0.05) is 31.5 Å². The van der Waals surface area contributed by atoms with Crippen molar-refractivity contribution < 1.29 is 14.6 Å². The maximum atomic E-state index is 11.3. The summed E-state index contributed by atoms with van der Waals surface area (Å²) < 4.78 is 5.98. The fraction of sp³-hybridized carbons (Fsp3) is 0.438. The van der Waals surface area contributed by atoms with E-state index in [1.165, 1.54) is 0 Å². The molecule has 1 aliphatic rings. The molecule has 0 radical (unpaired) electrons. The van der Waals surface area contributed by atoms with E-state index in [1.54, 1.807) is 0 Å². The molecular weight excluding hydrogens is 290 g/mol. The number of rotatable bonds is 3. The highest BCUT2D eigenvalue weighted by Crippen LogP contribution is 2.45. The maximum absolute atomic E-state index is 11.3. The molecule has 1 aromatic heterocycles. The molecule has 0 amide bonds. The van der Waals surface area contributed by atoms with Gasteiger partial charge in [-0.2, -0.15) is 0 Å². The lowest BCUT2D eigenvalue weighted by Gasteiger charge is -2.39. The Labute approximate surface area is 128 Å². The quantitative estimate of drug-likeness (QED) is 0.908. The van der Waals surface area contributed by atoms with Gasteiger partial charge >= 0.3 is 5.97 Å². The molecule has 0 spiro atoms. The van der Waals surface area contributed by atoms with Crippen LogP contribution in [0, 0.1) is 5.92 Å². The molecule has 0 aliphatic carbocycles. The van der Waals surface area contributed by atoms with Crippen molar-refractivity contribution in [2.75, 3.05) is 6.61 Å². The molecule has 1 atom stereocenters. The summed E-state index contributed by atoms with van der Waals surface area (Å²) in [5.74, 6) is -0.819. The third kappa shape index (κ3) is 2.14. The summed E-state index contributed by atoms with van der Waals surface area (Å²) in [6.07, 6.45) is 0.690. The van der Waals surface area contributed by atoms with Crippen LogP contribution in [-0.2, 0) is 21.6 Å². The molecule has 112 valence electrons. The maximum Gasteiger partial charge on any atom is 0.306 e. The largest absolute Gasteiger partial charge is 0.481 e. The number of carbonyl (C=O) groups is 1. The number of aliphatic carboxylic acids is 1. The first-order valence-corrected chi connectivity index (χ1v) is 7.49. The molecule has 0 saturated carbocycles. The molecule has 0 fully saturated rings. The summed E-state index contributed by atoms with van der Waals surface area (Å²) >= 11 is 6.34. The van der Waals surface area contributed by atoms with Crippen LogP contribution in [0.2, 0.25) is 5.02 Å². The normalized spacial score (nSPS) is 21.7. The lowest BCUT2D eigenvalue weighted by Crippen LogP contribution is -2.42. The van der Waals surface area contributed by atoms with Crippen molar-refractivity contribution in [3.05, 3.63) is 34.5 Å². The Hall–Kier alpha value is -1.52. The molecule has 1 aliphatic heterocycles. The lowest BCUT2D eigenvalue weighted by molar-refractivity contribution is -0.154. The molecule has 0 saturated heterocycles. The molecule has 2 aromatic rings. The molecular formula is C16H18ClNO3. The van der Waals surface area contributed by atoms with Crippen LogP contribution in [-0.4, -0.2) is 22.7 Å². The van der Waals surface area contributed by atoms with E-state index in [0.717, 1.165) is 28.6 Å². The number of benzene rings is 1. The first kappa shape index (κ1) is 14.4. The molecule has 21 heavy (non-hydrogen) atoms. The molecule has 3 rings (SSSR count). The summed E-state index contributed by atoms with van der Waals surface area (Å²) in [5, 5.41) is 11.0. The predicted molar refractivity (Wildman–Crippen MR) is 81.7 cm³/mol. The number of aromatic amines is 1. The van der Waals surface area contributed by atoms with Crippen LogP contribution in [0.3, 0.4) is 0 Å². The lowest BCUT2D eigenvalue weighted by atomic mass is 9.80. The van der Waals surface area contributed by atoms with E-state index in [2.05, 4.69) is 4.98 Å². The molecule has 0 bridgehead atoms. The second-order valence-electron chi connectivity index (χ2n) is 5.85. The standard InChI is InChI=1S/C16H18ClNO3/c1-9(2)16(8-13(19)20)15-10(6-7-21-16)14-11(17)4-3-5-12(14)18-15/h3-5,9,18H,6-8H2,1-2H3,(H,19,20). The van der Waals surface area contributed by atoms with Gasteiger partial charge in [-0.3, -0.25) is 4.79 Å². The predicted octanol–water partition coefficient (Wildman–Crippen LogP) is 3.72. The first-order valence-electron chi connectivity index (χ1n) is 7.11. The van der Waals surface area contributed by atoms with Gasteiger partial charge < -0.3 is 14.8 Å². The van der Waals surface area contributed by atoms with Gasteiger partial charge in [0.2, 0.25) is 0 Å². The van der Waals surface area contributed by atoms with Crippen molar-refractivity contribution in [3.8, 4) is 0 Å². The zero-order valence-electron chi connectivity index (χ0n) is 12.1. The number of ether oxygens (including phenoxy) is 1. The number of hydrogen-bond acceptors (Lipinski definition) is 2. The number of hydrogen-bond donors (Lipinski definition) is 2. The van der Waals surface area contributed by atoms with Gasteiger partial charge in [-0.25, -0.2) is 0 Å². The summed E-state index contributed by atoms with van der Waals surface area (Å²) in [6.45, 7) is 4.49. The number of aromatic nitrogens is 1. The van der Waals surface area contributed by atoms with Gasteiger partial charge in [0.1, 0.15) is 5.60 Å². The Bertz CT molecular complexity index is 707. The van der Waals surface area contributed by atoms with Crippen molar-refractivity contribution in [2.24, 2.45) is 5.92 Å². The van der Waals surface area contributed by atoms with E-state index in [4.69, 9.17) is 16.3 Å². The van der Waals surface area contributed by atoms with Crippen molar-refractivity contribution >= 4 is 28.5 Å². The number of carboxylic acids is 1. The Morgan fingerprint density at radius 3 is 2.95 bits per heavy atom. The minimum atomic E-state index is -0.860. The van der Waals surface area contributed by atoms with Crippen LogP contribution in [0.25, 0.3) is 10.9 Å². The fourth-order valence-corrected chi connectivity index (χ4v) is 3.60. The molecule has 2 N–H and O–H groups in total. The highest BCUT2D eigenvalue weighted by Gasteiger charge is 2.44. The van der Waals surface area contributed by atoms with Gasteiger partial charge in [0.25, 0.3) is 0 Å². The van der Waals surface area contributed by atoms with Crippen LogP contribution in [0.4, 0.5) is 0 Å². The van der Waals surface area contributed by atoms with E-state index >= 15 is 0 Å². The van der Waals surface area contributed by atoms with Crippen LogP contribution in [0.5, 0.6) is 0 Å². The van der Waals surface area contributed by atoms with Crippen LogP contribution >= 0.6 is 11.6 Å². The third-order valence-electron chi connectivity index (χ3n) is 4.36. The van der Waals surface area contributed by atoms with Gasteiger partial charge in [-0.05, 0) is 30.0 Å². The average molecular weight is 308 g/mol. The van der Waals surface area contributed by atoms with Crippen molar-refractivity contribution in [2.45, 2.75) is 32.3 Å². The molecule has 5 heteroatoms. The van der Waals surface area contributed by atoms with E-state index in [1.807, 2.05) is 32.0 Å². The molecule has 4 nitrogen and oxygen atoms in total. The second-order valence-corrected chi connectivity index (χ2v) is 6.26. The van der Waals surface area contributed by atoms with E-state index in [9.17, 15) is 9.90 Å². The summed E-state index contributed by atoms with van der Waals surface area (Å²) in [4.78, 5) is 14.7. The average Bonchev–Trinajstić information content (AvgIpc) is 2.79. The van der Waals surface area contributed by atoms with E-state index < -0.39 is 11.6 Å². The smallest absolute Gasteiger partial charge is 0.306 e. The molecule has 1 aromatic carbocycles. The number of halogens is 1. The minimum Gasteiger partial charge on any atom is -0.481 e. The Morgan fingerprint density at radius 2 is 2.29 bits per heavy atom. The van der Waals surface area contributed by atoms with Crippen LogP contribution in [0.15, 0.2) is 18.2 Å². The van der Waals surface area contributed by atoms with Crippen LogP contribution in [0.1, 0.15) is 31.5 Å². The van der Waals surface area contributed by atoms with Crippen molar-refractivity contribution in [3.63, 3.8) is 0 Å². The van der Waals surface area contributed by atoms with Gasteiger partial charge in [0, 0.05) is 10.9 Å². The summed E-state index contributed by atoms with van der Waals surface area (Å²) in [5.41, 5.74) is 2.08. The SMILES string of the molecule is CC(C)C1(CC(=O)O)OCCc2c1[nH]c1cccc(Cl)c21. The zero-order chi connectivity index (χ0) is 15.2. The first-order chi connectivity index (χ1) is 9.95. The Morgan fingerprint density at radius 1 is 1.52 bits per heavy atom. The molecule has 1 unspecified atom stereocenters. The second kappa shape index (κ2) is 5.04. The Balaban J connectivity index is 2.28. The summed E-state index contributed by atoms with van der Waals surface area (Å²) in [7, 11) is 0. The highest BCUT2D eigenvalue weighted by molar-refractivity contribution is 6.35. The summed E-state index contributed by atoms with van der Waals surface area (Å²) in [6, 6.07) is 5.72. The van der Waals surface area contributed by atoms with E-state index in [-0.39, 0.29) is 12.3 Å². The van der Waals surface area contributed by atoms with Gasteiger partial charge in [-0.15, -0.1) is 0 Å². The number of nitrogens with one attached hydrogen (secondary N) is 1. The topological polar surface area (TPSA) is 62.3 Å². The third-order valence-corrected chi connectivity index (χ3v) is 4.67. The minimum absolute atomic E-state index is 0.0412. The molecule has 2 heterocycles. The van der Waals surface area contributed by atoms with Gasteiger partial charge in [0.15, 0.2) is 0 Å².